The zero-order chi connectivity index (χ0) is 9.61. The summed E-state index contributed by atoms with van der Waals surface area (Å²) in [5, 5.41) is 0. The van der Waals surface area contributed by atoms with Gasteiger partial charge in [-0.1, -0.05) is 0 Å². The third-order valence-corrected chi connectivity index (χ3v) is 3.99. The Balaban J connectivity index is 3.65. The van der Waals surface area contributed by atoms with Gasteiger partial charge in [0.05, 0.1) is 6.17 Å². The molecule has 12 heavy (non-hydrogen) atoms. The molecule has 72 valence electrons. The number of hydrogen-bond acceptors (Lipinski definition) is 5. The maximum Gasteiger partial charge on any atom is 0.352 e. The number of rotatable bonds is 5. The first-order chi connectivity index (χ1) is 5.54. The van der Waals surface area contributed by atoms with E-state index in [0.717, 1.165) is 0 Å². The van der Waals surface area contributed by atoms with Gasteiger partial charge in [-0.2, -0.15) is 5.48 Å². The Labute approximate surface area is 73.2 Å². The van der Waals surface area contributed by atoms with Crippen LogP contribution in [0.25, 0.3) is 0 Å². The van der Waals surface area contributed by atoms with Crippen LogP contribution in [0.1, 0.15) is 6.92 Å². The summed E-state index contributed by atoms with van der Waals surface area (Å²) in [5.41, 5.74) is 2.49. The summed E-state index contributed by atoms with van der Waals surface area (Å²) in [5.74, 6) is -0.376. The molecule has 6 heteroatoms. The minimum atomic E-state index is -2.15. The van der Waals surface area contributed by atoms with Crippen LogP contribution in [0.4, 0.5) is 0 Å². The molecule has 0 amide bonds. The van der Waals surface area contributed by atoms with Gasteiger partial charge in [-0.15, -0.1) is 0 Å². The summed E-state index contributed by atoms with van der Waals surface area (Å²) in [4.78, 5) is 14.9. The normalized spacial score (nSPS) is 11.3. The Bertz CT molecular complexity index is 148. The maximum atomic E-state index is 10.4. The fraction of sp³-hybridized carbons (Fsp3) is 0.833. The zero-order valence-corrected chi connectivity index (χ0v) is 8.84. The van der Waals surface area contributed by atoms with Crippen LogP contribution < -0.4 is 5.48 Å². The van der Waals surface area contributed by atoms with E-state index in [-0.39, 0.29) is 5.97 Å². The highest BCUT2D eigenvalue weighted by Crippen LogP contribution is 2.01. The van der Waals surface area contributed by atoms with Crippen molar-refractivity contribution in [3.05, 3.63) is 0 Å². The highest BCUT2D eigenvalue weighted by Gasteiger charge is 2.28. The third kappa shape index (κ3) is 4.45. The monoisotopic (exact) mass is 193 g/mol. The summed E-state index contributed by atoms with van der Waals surface area (Å²) in [6.07, 6.45) is 0.416. The van der Waals surface area contributed by atoms with E-state index in [9.17, 15) is 4.79 Å². The lowest BCUT2D eigenvalue weighted by Crippen LogP contribution is -2.47. The van der Waals surface area contributed by atoms with E-state index in [4.69, 9.17) is 8.85 Å². The Morgan fingerprint density at radius 1 is 1.42 bits per heavy atom. The fourth-order valence-electron chi connectivity index (χ4n) is 0.496. The van der Waals surface area contributed by atoms with Crippen molar-refractivity contribution in [2.45, 2.75) is 13.5 Å². The molecule has 0 saturated heterocycles. The smallest absolute Gasteiger partial charge is 0.352 e. The van der Waals surface area contributed by atoms with Gasteiger partial charge in [-0.05, 0) is 6.55 Å². The molecule has 0 saturated carbocycles. The average molecular weight is 193 g/mol. The number of nitrogens with one attached hydrogen (secondary N) is 1. The second kappa shape index (κ2) is 5.25. The minimum Gasteiger partial charge on any atom is -0.397 e. The summed E-state index contributed by atoms with van der Waals surface area (Å²) < 4.78 is 10.3. The second-order valence-electron chi connectivity index (χ2n) is 2.46. The molecular formula is C6H15NO4Si. The van der Waals surface area contributed by atoms with Crippen molar-refractivity contribution in [3.63, 3.8) is 0 Å². The minimum absolute atomic E-state index is 0.376. The molecule has 0 aliphatic rings. The van der Waals surface area contributed by atoms with Crippen molar-refractivity contribution in [1.29, 1.82) is 0 Å². The molecular weight excluding hydrogens is 178 g/mol. The summed E-state index contributed by atoms with van der Waals surface area (Å²) in [7, 11) is 0.997. The first-order valence-electron chi connectivity index (χ1n) is 3.54. The van der Waals surface area contributed by atoms with Crippen molar-refractivity contribution in [2.24, 2.45) is 0 Å². The highest BCUT2D eigenvalue weighted by molar-refractivity contribution is 6.66. The molecule has 0 spiro atoms. The van der Waals surface area contributed by atoms with Gasteiger partial charge >= 0.3 is 14.5 Å². The molecule has 0 aromatic heterocycles. The van der Waals surface area contributed by atoms with Gasteiger partial charge in [0.25, 0.3) is 0 Å². The molecule has 0 atom stereocenters. The van der Waals surface area contributed by atoms with Gasteiger partial charge < -0.3 is 13.7 Å². The van der Waals surface area contributed by atoms with Gasteiger partial charge in [0.15, 0.2) is 0 Å². The summed E-state index contributed by atoms with van der Waals surface area (Å²) in [6.45, 7) is 3.19. The first-order valence-corrected chi connectivity index (χ1v) is 6.07. The maximum absolute atomic E-state index is 10.4. The first kappa shape index (κ1) is 11.6. The van der Waals surface area contributed by atoms with E-state index in [1.165, 1.54) is 6.92 Å². The molecule has 0 heterocycles. The van der Waals surface area contributed by atoms with E-state index < -0.39 is 8.56 Å². The summed E-state index contributed by atoms with van der Waals surface area (Å²) >= 11 is 0. The Morgan fingerprint density at radius 3 is 2.25 bits per heavy atom. The van der Waals surface area contributed by atoms with E-state index in [2.05, 4.69) is 10.3 Å². The zero-order valence-electron chi connectivity index (χ0n) is 7.84. The van der Waals surface area contributed by atoms with E-state index in [1.54, 1.807) is 14.2 Å². The fourth-order valence-corrected chi connectivity index (χ4v) is 1.29. The molecule has 0 aliphatic heterocycles. The van der Waals surface area contributed by atoms with E-state index in [0.29, 0.717) is 6.17 Å². The molecule has 0 unspecified atom stereocenters. The quantitative estimate of drug-likeness (QED) is 0.490. The van der Waals surface area contributed by atoms with Gasteiger partial charge in [0, 0.05) is 21.1 Å². The standard InChI is InChI=1S/C6H15NO4Si/c1-6(8)11-7-5-12(4,9-2)10-3/h7H,5H2,1-4H3. The lowest BCUT2D eigenvalue weighted by molar-refractivity contribution is -0.147. The summed E-state index contributed by atoms with van der Waals surface area (Å²) in [6, 6.07) is 0. The lowest BCUT2D eigenvalue weighted by Gasteiger charge is -2.22. The van der Waals surface area contributed by atoms with Crippen molar-refractivity contribution in [1.82, 2.24) is 5.48 Å². The van der Waals surface area contributed by atoms with Crippen LogP contribution in [0.2, 0.25) is 6.55 Å². The van der Waals surface area contributed by atoms with Crippen molar-refractivity contribution >= 4 is 14.5 Å². The largest absolute Gasteiger partial charge is 0.397 e. The molecule has 0 aromatic carbocycles. The van der Waals surface area contributed by atoms with Crippen LogP contribution in [0, 0.1) is 0 Å². The molecule has 0 aliphatic carbocycles. The lowest BCUT2D eigenvalue weighted by atomic mass is 10.8. The predicted molar refractivity (Wildman–Crippen MR) is 45.4 cm³/mol. The number of hydrogen-bond donors (Lipinski definition) is 1. The van der Waals surface area contributed by atoms with Crippen molar-refractivity contribution in [2.75, 3.05) is 20.4 Å². The second-order valence-corrected chi connectivity index (χ2v) is 5.89. The Hall–Kier alpha value is -0.433. The topological polar surface area (TPSA) is 56.8 Å². The van der Waals surface area contributed by atoms with Crippen LogP contribution in [0.5, 0.6) is 0 Å². The molecule has 5 nitrogen and oxygen atoms in total. The Kier molecular flexibility index (Phi) is 5.06. The van der Waals surface area contributed by atoms with E-state index >= 15 is 0 Å². The van der Waals surface area contributed by atoms with Gasteiger partial charge in [0.1, 0.15) is 0 Å². The molecule has 0 rings (SSSR count). The third-order valence-electron chi connectivity index (χ3n) is 1.47. The molecule has 0 aromatic rings. The average Bonchev–Trinajstić information content (AvgIpc) is 2.03. The van der Waals surface area contributed by atoms with Gasteiger partial charge in [-0.3, -0.25) is 4.79 Å². The van der Waals surface area contributed by atoms with Gasteiger partial charge in [0.2, 0.25) is 0 Å². The number of hydroxylamine groups is 1. The van der Waals surface area contributed by atoms with Crippen molar-refractivity contribution in [3.8, 4) is 0 Å². The molecule has 0 radical (unpaired) electrons. The van der Waals surface area contributed by atoms with Crippen LogP contribution in [-0.2, 0) is 18.5 Å². The van der Waals surface area contributed by atoms with E-state index in [1.807, 2.05) is 6.55 Å². The van der Waals surface area contributed by atoms with Gasteiger partial charge in [-0.25, -0.2) is 0 Å². The van der Waals surface area contributed by atoms with Crippen LogP contribution in [0.15, 0.2) is 0 Å². The molecule has 0 bridgehead atoms. The molecule has 0 fully saturated rings. The SMILES string of the molecule is CO[Si](C)(CNOC(C)=O)OC. The predicted octanol–water partition coefficient (Wildman–Crippen LogP) is -0.0419. The van der Waals surface area contributed by atoms with Crippen LogP contribution in [-0.4, -0.2) is 34.9 Å². The Morgan fingerprint density at radius 2 is 1.92 bits per heavy atom. The molecule has 1 N–H and O–H groups in total. The number of carbonyl (C=O) groups excluding carboxylic acids is 1. The number of carbonyl (C=O) groups is 1. The van der Waals surface area contributed by atoms with Crippen LogP contribution in [0.3, 0.4) is 0 Å². The van der Waals surface area contributed by atoms with Crippen molar-refractivity contribution < 1.29 is 18.5 Å². The van der Waals surface area contributed by atoms with Crippen LogP contribution >= 0.6 is 0 Å². The highest BCUT2D eigenvalue weighted by atomic mass is 28.4.